The number of amides is 2. The number of ether oxygens (including phenoxy) is 2. The number of nitrogens with zero attached hydrogens (tertiary/aromatic N) is 1. The van der Waals surface area contributed by atoms with Gasteiger partial charge in [0.15, 0.2) is 0 Å². The lowest BCUT2D eigenvalue weighted by molar-refractivity contribution is -0.179. The standard InChI is InChI=1S/C10H13NO7/c1-6(5-16-7(2)12)17-10(15)18-11-8(13)3-4-9(11)14/h6H,3-5H2,1-2H3. The SMILES string of the molecule is CC(=O)OCC(C)OC(=O)ON1C(=O)CCC1=O. The highest BCUT2D eigenvalue weighted by Crippen LogP contribution is 2.12. The molecule has 1 aliphatic heterocycles. The van der Waals surface area contributed by atoms with Crippen LogP contribution in [-0.4, -0.2) is 41.7 Å². The van der Waals surface area contributed by atoms with Crippen LogP contribution in [0.5, 0.6) is 0 Å². The summed E-state index contributed by atoms with van der Waals surface area (Å²) in [5, 5.41) is 0.376. The molecule has 1 saturated heterocycles. The van der Waals surface area contributed by atoms with Gasteiger partial charge in [0.05, 0.1) is 0 Å². The number of hydrogen-bond acceptors (Lipinski definition) is 7. The summed E-state index contributed by atoms with van der Waals surface area (Å²) in [5.41, 5.74) is 0. The number of esters is 1. The molecule has 1 fully saturated rings. The predicted octanol–water partition coefficient (Wildman–Crippen LogP) is 0.155. The molecule has 0 aliphatic carbocycles. The summed E-state index contributed by atoms with van der Waals surface area (Å²) in [6, 6.07) is 0. The Kier molecular flexibility index (Phi) is 4.64. The van der Waals surface area contributed by atoms with Crippen molar-refractivity contribution in [2.24, 2.45) is 0 Å². The molecule has 8 nitrogen and oxygen atoms in total. The topological polar surface area (TPSA) is 99.2 Å². The highest BCUT2D eigenvalue weighted by atomic mass is 16.8. The van der Waals surface area contributed by atoms with E-state index in [1.165, 1.54) is 13.8 Å². The van der Waals surface area contributed by atoms with E-state index in [1.54, 1.807) is 0 Å². The van der Waals surface area contributed by atoms with Gasteiger partial charge in [-0.05, 0) is 6.92 Å². The molecule has 1 aliphatic rings. The lowest BCUT2D eigenvalue weighted by atomic mass is 10.4. The van der Waals surface area contributed by atoms with Gasteiger partial charge < -0.3 is 9.47 Å². The van der Waals surface area contributed by atoms with E-state index in [0.717, 1.165) is 0 Å². The number of rotatable bonds is 4. The van der Waals surface area contributed by atoms with Crippen molar-refractivity contribution < 1.29 is 33.5 Å². The molecule has 0 aromatic heterocycles. The van der Waals surface area contributed by atoms with Gasteiger partial charge in [-0.1, -0.05) is 5.06 Å². The molecule has 0 bridgehead atoms. The fourth-order valence-electron chi connectivity index (χ4n) is 1.19. The Morgan fingerprint density at radius 1 is 1.28 bits per heavy atom. The molecule has 0 saturated carbocycles. The van der Waals surface area contributed by atoms with Crippen molar-refractivity contribution in [1.29, 1.82) is 0 Å². The van der Waals surface area contributed by atoms with Crippen LogP contribution in [0, 0.1) is 0 Å². The number of hydrogen-bond donors (Lipinski definition) is 0. The Balaban J connectivity index is 2.35. The summed E-state index contributed by atoms with van der Waals surface area (Å²) >= 11 is 0. The summed E-state index contributed by atoms with van der Waals surface area (Å²) < 4.78 is 9.27. The van der Waals surface area contributed by atoms with Gasteiger partial charge in [0.1, 0.15) is 12.7 Å². The maximum Gasteiger partial charge on any atom is 0.534 e. The molecular formula is C10H13NO7. The van der Waals surface area contributed by atoms with E-state index in [4.69, 9.17) is 0 Å². The second-order valence-electron chi connectivity index (χ2n) is 3.65. The first-order chi connectivity index (χ1) is 8.40. The van der Waals surface area contributed by atoms with Crippen LogP contribution < -0.4 is 0 Å². The van der Waals surface area contributed by atoms with E-state index in [2.05, 4.69) is 14.3 Å². The Labute approximate surface area is 103 Å². The molecule has 8 heteroatoms. The molecule has 0 aromatic carbocycles. The van der Waals surface area contributed by atoms with Gasteiger partial charge in [-0.25, -0.2) is 4.79 Å². The molecule has 18 heavy (non-hydrogen) atoms. The Morgan fingerprint density at radius 2 is 1.83 bits per heavy atom. The zero-order chi connectivity index (χ0) is 13.7. The number of carbonyl (C=O) groups excluding carboxylic acids is 4. The van der Waals surface area contributed by atoms with Crippen LogP contribution in [0.15, 0.2) is 0 Å². The summed E-state index contributed by atoms with van der Waals surface area (Å²) in [5.74, 6) is -1.70. The Bertz CT molecular complexity index is 362. The van der Waals surface area contributed by atoms with E-state index in [0.29, 0.717) is 5.06 Å². The largest absolute Gasteiger partial charge is 0.534 e. The molecule has 0 radical (unpaired) electrons. The van der Waals surface area contributed by atoms with Crippen molar-refractivity contribution >= 4 is 23.9 Å². The van der Waals surface area contributed by atoms with E-state index >= 15 is 0 Å². The van der Waals surface area contributed by atoms with Crippen molar-refractivity contribution in [3.63, 3.8) is 0 Å². The maximum absolute atomic E-state index is 11.2. The third-order valence-electron chi connectivity index (χ3n) is 1.99. The van der Waals surface area contributed by atoms with Crippen molar-refractivity contribution in [2.45, 2.75) is 32.8 Å². The zero-order valence-electron chi connectivity index (χ0n) is 10.0. The molecule has 1 rings (SSSR count). The normalized spacial score (nSPS) is 16.4. The van der Waals surface area contributed by atoms with Gasteiger partial charge >= 0.3 is 12.1 Å². The zero-order valence-corrected chi connectivity index (χ0v) is 10.0. The number of imide groups is 1. The third kappa shape index (κ3) is 4.04. The van der Waals surface area contributed by atoms with Gasteiger partial charge in [-0.15, -0.1) is 0 Å². The third-order valence-corrected chi connectivity index (χ3v) is 1.99. The van der Waals surface area contributed by atoms with Crippen LogP contribution in [0.1, 0.15) is 26.7 Å². The van der Waals surface area contributed by atoms with E-state index in [9.17, 15) is 19.2 Å². The van der Waals surface area contributed by atoms with Crippen LogP contribution in [0.3, 0.4) is 0 Å². The molecule has 1 atom stereocenters. The first-order valence-electron chi connectivity index (χ1n) is 5.28. The van der Waals surface area contributed by atoms with Crippen molar-refractivity contribution in [3.8, 4) is 0 Å². The minimum absolute atomic E-state index is 0.00904. The molecule has 2 amide bonds. The second-order valence-corrected chi connectivity index (χ2v) is 3.65. The molecule has 0 N–H and O–H groups in total. The minimum atomic E-state index is -1.20. The Hall–Kier alpha value is -2.12. The molecule has 1 heterocycles. The van der Waals surface area contributed by atoms with E-state index < -0.39 is 30.0 Å². The van der Waals surface area contributed by atoms with Crippen LogP contribution in [0.25, 0.3) is 0 Å². The second kappa shape index (κ2) is 5.99. The minimum Gasteiger partial charge on any atom is -0.462 e. The maximum atomic E-state index is 11.2. The lowest BCUT2D eigenvalue weighted by Crippen LogP contribution is -2.34. The van der Waals surface area contributed by atoms with Crippen molar-refractivity contribution in [2.75, 3.05) is 6.61 Å². The van der Waals surface area contributed by atoms with Gasteiger partial charge in [-0.2, -0.15) is 0 Å². The predicted molar refractivity (Wildman–Crippen MR) is 54.7 cm³/mol. The molecule has 1 unspecified atom stereocenters. The lowest BCUT2D eigenvalue weighted by Gasteiger charge is -2.15. The van der Waals surface area contributed by atoms with Gasteiger partial charge in [0.25, 0.3) is 11.8 Å². The molecule has 100 valence electrons. The highest BCUT2D eigenvalue weighted by molar-refractivity contribution is 6.01. The first-order valence-corrected chi connectivity index (χ1v) is 5.28. The summed E-state index contributed by atoms with van der Waals surface area (Å²) in [6.45, 7) is 2.55. The van der Waals surface area contributed by atoms with Gasteiger partial charge in [0.2, 0.25) is 0 Å². The fourth-order valence-corrected chi connectivity index (χ4v) is 1.19. The highest BCUT2D eigenvalue weighted by Gasteiger charge is 2.33. The van der Waals surface area contributed by atoms with Crippen molar-refractivity contribution in [3.05, 3.63) is 0 Å². The van der Waals surface area contributed by atoms with E-state index in [1.807, 2.05) is 0 Å². The fraction of sp³-hybridized carbons (Fsp3) is 0.600. The van der Waals surface area contributed by atoms with E-state index in [-0.39, 0.29) is 19.4 Å². The van der Waals surface area contributed by atoms with Crippen LogP contribution in [0.2, 0.25) is 0 Å². The number of carbonyl (C=O) groups is 4. The smallest absolute Gasteiger partial charge is 0.462 e. The molecular weight excluding hydrogens is 246 g/mol. The van der Waals surface area contributed by atoms with Crippen LogP contribution in [-0.2, 0) is 28.7 Å². The van der Waals surface area contributed by atoms with Gasteiger partial charge in [0, 0.05) is 19.8 Å². The average molecular weight is 259 g/mol. The molecule has 0 spiro atoms. The van der Waals surface area contributed by atoms with Crippen LogP contribution in [0.4, 0.5) is 4.79 Å². The number of hydroxylamine groups is 2. The van der Waals surface area contributed by atoms with Gasteiger partial charge in [-0.3, -0.25) is 19.2 Å². The van der Waals surface area contributed by atoms with Crippen molar-refractivity contribution in [1.82, 2.24) is 5.06 Å². The Morgan fingerprint density at radius 3 is 2.33 bits per heavy atom. The first kappa shape index (κ1) is 13.9. The summed E-state index contributed by atoms with van der Waals surface area (Å²) in [7, 11) is 0. The monoisotopic (exact) mass is 259 g/mol. The quantitative estimate of drug-likeness (QED) is 0.523. The average Bonchev–Trinajstić information content (AvgIpc) is 2.58. The van der Waals surface area contributed by atoms with Crippen LogP contribution >= 0.6 is 0 Å². The summed E-state index contributed by atoms with van der Waals surface area (Å²) in [6.07, 6.45) is -1.92. The molecule has 0 aromatic rings. The summed E-state index contributed by atoms with van der Waals surface area (Å²) in [4.78, 5) is 48.4.